The Morgan fingerprint density at radius 1 is 1.20 bits per heavy atom. The van der Waals surface area contributed by atoms with Gasteiger partial charge in [-0.05, 0) is 67.9 Å². The molecule has 0 fully saturated rings. The zero-order valence-electron chi connectivity index (χ0n) is 14.3. The molecule has 1 unspecified atom stereocenters. The van der Waals surface area contributed by atoms with E-state index in [9.17, 15) is 0 Å². The van der Waals surface area contributed by atoms with Gasteiger partial charge in [0.05, 0.1) is 15.9 Å². The molecule has 1 aromatic rings. The van der Waals surface area contributed by atoms with Crippen LogP contribution in [0.15, 0.2) is 4.47 Å². The van der Waals surface area contributed by atoms with E-state index in [0.717, 1.165) is 23.1 Å². The molecule has 0 spiro atoms. The summed E-state index contributed by atoms with van der Waals surface area (Å²) in [6.07, 6.45) is 1.03. The zero-order valence-corrected chi connectivity index (χ0v) is 15.8. The number of halogens is 1. The summed E-state index contributed by atoms with van der Waals surface area (Å²) < 4.78 is 3.17. The molecule has 0 aromatic carbocycles. The number of aromatic nitrogens is 2. The van der Waals surface area contributed by atoms with Crippen LogP contribution in [0.3, 0.4) is 0 Å². The topological polar surface area (TPSA) is 29.9 Å². The molecule has 1 atom stereocenters. The molecule has 1 aromatic heterocycles. The van der Waals surface area contributed by atoms with Crippen LogP contribution < -0.4 is 5.32 Å². The van der Waals surface area contributed by atoms with Crippen LogP contribution in [0.25, 0.3) is 0 Å². The Kier molecular flexibility index (Phi) is 5.47. The third kappa shape index (κ3) is 4.88. The second-order valence-corrected chi connectivity index (χ2v) is 8.66. The first-order valence-electron chi connectivity index (χ1n) is 7.35. The van der Waals surface area contributed by atoms with Crippen molar-refractivity contribution in [2.45, 2.75) is 60.4 Å². The first kappa shape index (κ1) is 17.7. The lowest BCUT2D eigenvalue weighted by molar-refractivity contribution is 0.211. The summed E-state index contributed by atoms with van der Waals surface area (Å²) in [6.45, 7) is 16.7. The molecule has 0 aliphatic carbocycles. The predicted octanol–water partition coefficient (Wildman–Crippen LogP) is 4.08. The summed E-state index contributed by atoms with van der Waals surface area (Å²) >= 11 is 3.68. The number of hydrogen-bond acceptors (Lipinski definition) is 2. The van der Waals surface area contributed by atoms with E-state index in [1.807, 2.05) is 18.7 Å². The van der Waals surface area contributed by atoms with Crippen molar-refractivity contribution in [3.8, 4) is 0 Å². The Hall–Kier alpha value is -0.350. The SMILES string of the molecule is Cc1nn(C)c(CC(CNC(C)(C)C)C(C)(C)C)c1Br. The fourth-order valence-electron chi connectivity index (χ4n) is 2.25. The number of aryl methyl sites for hydroxylation is 2. The summed E-state index contributed by atoms with van der Waals surface area (Å²) in [4.78, 5) is 0. The van der Waals surface area contributed by atoms with Gasteiger partial charge in [-0.15, -0.1) is 0 Å². The second-order valence-electron chi connectivity index (χ2n) is 7.87. The number of rotatable bonds is 4. The van der Waals surface area contributed by atoms with Crippen molar-refractivity contribution in [3.05, 3.63) is 15.9 Å². The number of hydrogen-bond donors (Lipinski definition) is 1. The summed E-state index contributed by atoms with van der Waals surface area (Å²) in [5.74, 6) is 0.563. The molecule has 3 nitrogen and oxygen atoms in total. The van der Waals surface area contributed by atoms with Gasteiger partial charge in [-0.1, -0.05) is 20.8 Å². The molecule has 0 saturated heterocycles. The third-order valence-corrected chi connectivity index (χ3v) is 4.84. The minimum Gasteiger partial charge on any atom is -0.312 e. The van der Waals surface area contributed by atoms with Gasteiger partial charge in [0.25, 0.3) is 0 Å². The lowest BCUT2D eigenvalue weighted by Crippen LogP contribution is -2.43. The van der Waals surface area contributed by atoms with Gasteiger partial charge in [-0.3, -0.25) is 4.68 Å². The lowest BCUT2D eigenvalue weighted by Gasteiger charge is -2.34. The Morgan fingerprint density at radius 2 is 1.75 bits per heavy atom. The highest BCUT2D eigenvalue weighted by Crippen LogP contribution is 2.32. The van der Waals surface area contributed by atoms with Crippen molar-refractivity contribution in [2.75, 3.05) is 6.54 Å². The maximum atomic E-state index is 4.50. The van der Waals surface area contributed by atoms with Gasteiger partial charge >= 0.3 is 0 Å². The zero-order chi connectivity index (χ0) is 15.7. The number of nitrogens with one attached hydrogen (secondary N) is 1. The molecular formula is C16H30BrN3. The van der Waals surface area contributed by atoms with Crippen LogP contribution in [-0.2, 0) is 13.5 Å². The molecule has 0 aliphatic heterocycles. The fourth-order valence-corrected chi connectivity index (χ4v) is 2.75. The van der Waals surface area contributed by atoms with Crippen LogP contribution in [0.1, 0.15) is 52.9 Å². The van der Waals surface area contributed by atoms with E-state index in [2.05, 4.69) is 67.9 Å². The minimum absolute atomic E-state index is 0.156. The van der Waals surface area contributed by atoms with Crippen molar-refractivity contribution in [2.24, 2.45) is 18.4 Å². The predicted molar refractivity (Wildman–Crippen MR) is 90.0 cm³/mol. The average Bonchev–Trinajstić information content (AvgIpc) is 2.46. The maximum Gasteiger partial charge on any atom is 0.0738 e. The van der Waals surface area contributed by atoms with Crippen LogP contribution in [0, 0.1) is 18.3 Å². The second kappa shape index (κ2) is 6.18. The van der Waals surface area contributed by atoms with Crippen LogP contribution >= 0.6 is 15.9 Å². The summed E-state index contributed by atoms with van der Waals surface area (Å²) in [7, 11) is 2.03. The minimum atomic E-state index is 0.156. The monoisotopic (exact) mass is 343 g/mol. The molecule has 116 valence electrons. The van der Waals surface area contributed by atoms with E-state index >= 15 is 0 Å². The highest BCUT2D eigenvalue weighted by molar-refractivity contribution is 9.10. The van der Waals surface area contributed by atoms with Crippen LogP contribution in [-0.4, -0.2) is 21.9 Å². The molecule has 0 radical (unpaired) electrons. The van der Waals surface area contributed by atoms with Crippen molar-refractivity contribution in [3.63, 3.8) is 0 Å². The van der Waals surface area contributed by atoms with Crippen LogP contribution in [0.5, 0.6) is 0 Å². The third-order valence-electron chi connectivity index (χ3n) is 3.80. The van der Waals surface area contributed by atoms with Crippen molar-refractivity contribution >= 4 is 15.9 Å². The summed E-state index contributed by atoms with van der Waals surface area (Å²) in [6, 6.07) is 0. The van der Waals surface area contributed by atoms with E-state index < -0.39 is 0 Å². The number of nitrogens with zero attached hydrogens (tertiary/aromatic N) is 2. The van der Waals surface area contributed by atoms with E-state index in [0.29, 0.717) is 5.92 Å². The molecule has 0 aliphatic rings. The molecule has 0 amide bonds. The largest absolute Gasteiger partial charge is 0.312 e. The first-order valence-corrected chi connectivity index (χ1v) is 8.14. The van der Waals surface area contributed by atoms with E-state index in [-0.39, 0.29) is 11.0 Å². The lowest BCUT2D eigenvalue weighted by atomic mass is 9.77. The summed E-state index contributed by atoms with van der Waals surface area (Å²) in [5.41, 5.74) is 2.77. The maximum absolute atomic E-state index is 4.50. The van der Waals surface area contributed by atoms with Crippen molar-refractivity contribution < 1.29 is 0 Å². The quantitative estimate of drug-likeness (QED) is 0.892. The van der Waals surface area contributed by atoms with Gasteiger partial charge in [0.1, 0.15) is 0 Å². The van der Waals surface area contributed by atoms with Crippen molar-refractivity contribution in [1.29, 1.82) is 0 Å². The normalized spacial score (nSPS) is 14.7. The molecular weight excluding hydrogens is 314 g/mol. The standard InChI is InChI=1S/C16H30BrN3/c1-11-14(17)13(20(8)19-11)9-12(15(2,3)4)10-18-16(5,6)7/h12,18H,9-10H2,1-8H3. The first-order chi connectivity index (χ1) is 8.92. The van der Waals surface area contributed by atoms with Crippen LogP contribution in [0.4, 0.5) is 0 Å². The Labute approximate surface area is 132 Å². The van der Waals surface area contributed by atoms with Gasteiger partial charge in [0.2, 0.25) is 0 Å². The molecule has 0 saturated carbocycles. The highest BCUT2D eigenvalue weighted by atomic mass is 79.9. The molecule has 1 rings (SSSR count). The van der Waals surface area contributed by atoms with Gasteiger partial charge < -0.3 is 5.32 Å². The molecule has 1 N–H and O–H groups in total. The van der Waals surface area contributed by atoms with Crippen molar-refractivity contribution in [1.82, 2.24) is 15.1 Å². The Morgan fingerprint density at radius 3 is 2.10 bits per heavy atom. The molecule has 4 heteroatoms. The Bertz CT molecular complexity index is 450. The highest BCUT2D eigenvalue weighted by Gasteiger charge is 2.28. The average molecular weight is 344 g/mol. The molecule has 1 heterocycles. The van der Waals surface area contributed by atoms with Gasteiger partial charge in [-0.25, -0.2) is 0 Å². The molecule has 20 heavy (non-hydrogen) atoms. The van der Waals surface area contributed by atoms with E-state index in [1.165, 1.54) is 5.69 Å². The van der Waals surface area contributed by atoms with E-state index in [1.54, 1.807) is 0 Å². The van der Waals surface area contributed by atoms with Crippen LogP contribution in [0.2, 0.25) is 0 Å². The van der Waals surface area contributed by atoms with Gasteiger partial charge in [0, 0.05) is 12.6 Å². The van der Waals surface area contributed by atoms with Gasteiger partial charge in [0.15, 0.2) is 0 Å². The fraction of sp³-hybridized carbons (Fsp3) is 0.812. The smallest absolute Gasteiger partial charge is 0.0738 e. The van der Waals surface area contributed by atoms with E-state index in [4.69, 9.17) is 0 Å². The summed E-state index contributed by atoms with van der Waals surface area (Å²) in [5, 5.41) is 8.15. The molecule has 0 bridgehead atoms. The van der Waals surface area contributed by atoms with Gasteiger partial charge in [-0.2, -0.15) is 5.10 Å². The Balaban J connectivity index is 2.91.